The number of urea groups is 1. The molecular formula is C13H19N5O2. The van der Waals surface area contributed by atoms with Crippen molar-refractivity contribution < 1.29 is 9.53 Å². The zero-order chi connectivity index (χ0) is 13.9. The van der Waals surface area contributed by atoms with E-state index in [9.17, 15) is 4.79 Å². The number of rotatable bonds is 3. The van der Waals surface area contributed by atoms with E-state index < -0.39 is 0 Å². The Balaban J connectivity index is 1.61. The van der Waals surface area contributed by atoms with Crippen molar-refractivity contribution in [2.24, 2.45) is 0 Å². The highest BCUT2D eigenvalue weighted by Gasteiger charge is 2.31. The summed E-state index contributed by atoms with van der Waals surface area (Å²) in [6.45, 7) is 3.31. The highest BCUT2D eigenvalue weighted by Crippen LogP contribution is 2.22. The maximum Gasteiger partial charge on any atom is 0.317 e. The van der Waals surface area contributed by atoms with Gasteiger partial charge in [0, 0.05) is 44.5 Å². The van der Waals surface area contributed by atoms with Gasteiger partial charge in [0.2, 0.25) is 11.8 Å². The molecule has 3 heterocycles. The molecule has 0 saturated carbocycles. The van der Waals surface area contributed by atoms with E-state index in [1.165, 1.54) is 0 Å². The van der Waals surface area contributed by atoms with E-state index in [1.54, 1.807) is 19.4 Å². The van der Waals surface area contributed by atoms with E-state index in [-0.39, 0.29) is 6.03 Å². The van der Waals surface area contributed by atoms with Crippen LogP contribution >= 0.6 is 0 Å². The van der Waals surface area contributed by atoms with Gasteiger partial charge in [-0.1, -0.05) is 0 Å². The summed E-state index contributed by atoms with van der Waals surface area (Å²) >= 11 is 0. The number of amides is 2. The van der Waals surface area contributed by atoms with Crippen molar-refractivity contribution >= 4 is 12.0 Å². The average Bonchev–Trinajstić information content (AvgIpc) is 2.94. The normalized spacial score (nSPS) is 20.1. The summed E-state index contributed by atoms with van der Waals surface area (Å²) in [6, 6.07) is 2.14. The molecule has 108 valence electrons. The Morgan fingerprint density at radius 1 is 1.35 bits per heavy atom. The minimum atomic E-state index is 0.0704. The Kier molecular flexibility index (Phi) is 3.58. The number of piperidine rings is 1. The average molecular weight is 277 g/mol. The predicted molar refractivity (Wildman–Crippen MR) is 73.9 cm³/mol. The molecule has 0 atom stereocenters. The fourth-order valence-corrected chi connectivity index (χ4v) is 2.81. The highest BCUT2D eigenvalue weighted by atomic mass is 16.5. The smallest absolute Gasteiger partial charge is 0.317 e. The van der Waals surface area contributed by atoms with Crippen LogP contribution in [0.1, 0.15) is 12.8 Å². The van der Waals surface area contributed by atoms with Crippen molar-refractivity contribution in [1.29, 1.82) is 0 Å². The van der Waals surface area contributed by atoms with Crippen LogP contribution in [0.2, 0.25) is 0 Å². The fourth-order valence-electron chi connectivity index (χ4n) is 2.81. The Morgan fingerprint density at radius 2 is 2.15 bits per heavy atom. The van der Waals surface area contributed by atoms with Crippen molar-refractivity contribution in [3.8, 4) is 5.88 Å². The third kappa shape index (κ3) is 2.48. The van der Waals surface area contributed by atoms with Crippen LogP contribution in [0, 0.1) is 0 Å². The lowest BCUT2D eigenvalue weighted by Crippen LogP contribution is -2.46. The van der Waals surface area contributed by atoms with Crippen LogP contribution in [0.25, 0.3) is 0 Å². The number of hydrogen-bond donors (Lipinski definition) is 1. The van der Waals surface area contributed by atoms with Gasteiger partial charge in [0.05, 0.1) is 7.11 Å². The minimum absolute atomic E-state index is 0.0704. The second kappa shape index (κ2) is 5.52. The molecule has 3 rings (SSSR count). The van der Waals surface area contributed by atoms with Crippen LogP contribution in [0.15, 0.2) is 12.3 Å². The maximum absolute atomic E-state index is 11.7. The van der Waals surface area contributed by atoms with Gasteiger partial charge in [0.1, 0.15) is 0 Å². The van der Waals surface area contributed by atoms with E-state index in [0.717, 1.165) is 39.0 Å². The Morgan fingerprint density at radius 3 is 2.80 bits per heavy atom. The van der Waals surface area contributed by atoms with Crippen molar-refractivity contribution in [3.63, 3.8) is 0 Å². The van der Waals surface area contributed by atoms with E-state index >= 15 is 0 Å². The number of ether oxygens (including phenoxy) is 1. The van der Waals surface area contributed by atoms with Crippen molar-refractivity contribution in [2.75, 3.05) is 38.2 Å². The van der Waals surface area contributed by atoms with Crippen LogP contribution < -0.4 is 15.0 Å². The van der Waals surface area contributed by atoms with Crippen LogP contribution in [0.4, 0.5) is 10.7 Å². The standard InChI is InChI=1S/C13H19N5O2/c1-20-11-2-5-14-12(16-11)17-7-3-10(4-8-17)18-9-6-15-13(18)19/h2,5,10H,3-4,6-9H2,1H3,(H,15,19). The van der Waals surface area contributed by atoms with Gasteiger partial charge < -0.3 is 19.9 Å². The molecule has 1 N–H and O–H groups in total. The number of carbonyl (C=O) groups is 1. The molecule has 0 radical (unpaired) electrons. The number of nitrogens with one attached hydrogen (secondary N) is 1. The molecular weight excluding hydrogens is 258 g/mol. The lowest BCUT2D eigenvalue weighted by atomic mass is 10.0. The second-order valence-electron chi connectivity index (χ2n) is 5.04. The largest absolute Gasteiger partial charge is 0.481 e. The molecule has 0 aromatic carbocycles. The van der Waals surface area contributed by atoms with Crippen LogP contribution in [0.3, 0.4) is 0 Å². The van der Waals surface area contributed by atoms with Gasteiger partial charge in [-0.05, 0) is 12.8 Å². The summed E-state index contributed by atoms with van der Waals surface area (Å²) in [4.78, 5) is 24.4. The van der Waals surface area contributed by atoms with Crippen LogP contribution in [0.5, 0.6) is 5.88 Å². The molecule has 0 unspecified atom stereocenters. The summed E-state index contributed by atoms with van der Waals surface area (Å²) in [5.41, 5.74) is 0. The summed E-state index contributed by atoms with van der Waals surface area (Å²) in [5.74, 6) is 1.28. The summed E-state index contributed by atoms with van der Waals surface area (Å²) in [5, 5.41) is 2.86. The van der Waals surface area contributed by atoms with E-state index in [1.807, 2.05) is 4.90 Å². The third-order valence-electron chi connectivity index (χ3n) is 3.90. The molecule has 2 aliphatic rings. The topological polar surface area (TPSA) is 70.6 Å². The Bertz CT molecular complexity index is 487. The lowest BCUT2D eigenvalue weighted by molar-refractivity contribution is 0.186. The first-order valence-corrected chi connectivity index (χ1v) is 6.94. The first-order chi connectivity index (χ1) is 9.78. The second-order valence-corrected chi connectivity index (χ2v) is 5.04. The quantitative estimate of drug-likeness (QED) is 0.870. The van der Waals surface area contributed by atoms with Gasteiger partial charge in [-0.15, -0.1) is 0 Å². The summed E-state index contributed by atoms with van der Waals surface area (Å²) in [6.07, 6.45) is 3.61. The van der Waals surface area contributed by atoms with Crippen LogP contribution in [-0.4, -0.2) is 60.2 Å². The minimum Gasteiger partial charge on any atom is -0.481 e. The number of anilines is 1. The summed E-state index contributed by atoms with van der Waals surface area (Å²) < 4.78 is 5.12. The first kappa shape index (κ1) is 13.0. The molecule has 2 fully saturated rings. The lowest BCUT2D eigenvalue weighted by Gasteiger charge is -2.36. The molecule has 0 aliphatic carbocycles. The molecule has 2 saturated heterocycles. The number of nitrogens with zero attached hydrogens (tertiary/aromatic N) is 4. The molecule has 20 heavy (non-hydrogen) atoms. The zero-order valence-corrected chi connectivity index (χ0v) is 11.6. The molecule has 7 nitrogen and oxygen atoms in total. The van der Waals surface area contributed by atoms with Gasteiger partial charge in [-0.3, -0.25) is 0 Å². The van der Waals surface area contributed by atoms with Crippen LogP contribution in [-0.2, 0) is 0 Å². The number of aromatic nitrogens is 2. The third-order valence-corrected chi connectivity index (χ3v) is 3.90. The van der Waals surface area contributed by atoms with E-state index in [0.29, 0.717) is 17.9 Å². The molecule has 1 aromatic heterocycles. The van der Waals surface area contributed by atoms with Gasteiger partial charge in [-0.25, -0.2) is 9.78 Å². The van der Waals surface area contributed by atoms with Crippen molar-refractivity contribution in [2.45, 2.75) is 18.9 Å². The molecule has 1 aromatic rings. The summed E-state index contributed by atoms with van der Waals surface area (Å²) in [7, 11) is 1.60. The first-order valence-electron chi connectivity index (χ1n) is 6.94. The van der Waals surface area contributed by atoms with E-state index in [4.69, 9.17) is 4.74 Å². The predicted octanol–water partition coefficient (Wildman–Crippen LogP) is 0.479. The van der Waals surface area contributed by atoms with Crippen molar-refractivity contribution in [3.05, 3.63) is 12.3 Å². The number of carbonyl (C=O) groups excluding carboxylic acids is 1. The molecule has 2 amide bonds. The van der Waals surface area contributed by atoms with Gasteiger partial charge >= 0.3 is 6.03 Å². The molecule has 0 bridgehead atoms. The van der Waals surface area contributed by atoms with Gasteiger partial charge in [0.15, 0.2) is 0 Å². The van der Waals surface area contributed by atoms with E-state index in [2.05, 4.69) is 20.2 Å². The number of hydrogen-bond acceptors (Lipinski definition) is 5. The molecule has 2 aliphatic heterocycles. The van der Waals surface area contributed by atoms with Gasteiger partial charge in [-0.2, -0.15) is 4.98 Å². The molecule has 7 heteroatoms. The van der Waals surface area contributed by atoms with Gasteiger partial charge in [0.25, 0.3) is 0 Å². The monoisotopic (exact) mass is 277 g/mol. The Labute approximate surface area is 117 Å². The highest BCUT2D eigenvalue weighted by molar-refractivity contribution is 5.76. The fraction of sp³-hybridized carbons (Fsp3) is 0.615. The SMILES string of the molecule is COc1ccnc(N2CCC(N3CCNC3=O)CC2)n1. The maximum atomic E-state index is 11.7. The number of methoxy groups -OCH3 is 1. The Hall–Kier alpha value is -2.05. The zero-order valence-electron chi connectivity index (χ0n) is 11.6. The molecule has 0 spiro atoms. The van der Waals surface area contributed by atoms with Crippen molar-refractivity contribution in [1.82, 2.24) is 20.2 Å².